The number of carbonyl (C=O) groups excluding carboxylic acids is 1. The lowest BCUT2D eigenvalue weighted by atomic mass is 10.1. The summed E-state index contributed by atoms with van der Waals surface area (Å²) in [4.78, 5) is 20.9. The summed E-state index contributed by atoms with van der Waals surface area (Å²) >= 11 is 1.53. The minimum atomic E-state index is -0.136. The molecule has 2 aliphatic heterocycles. The van der Waals surface area contributed by atoms with Crippen molar-refractivity contribution in [2.45, 2.75) is 13.0 Å². The highest BCUT2D eigenvalue weighted by molar-refractivity contribution is 7.13. The number of thiazole rings is 1. The van der Waals surface area contributed by atoms with Crippen LogP contribution in [0.3, 0.4) is 0 Å². The molecule has 2 aliphatic rings. The van der Waals surface area contributed by atoms with E-state index in [0.29, 0.717) is 24.9 Å². The number of nitrogens with one attached hydrogen (secondary N) is 1. The molecule has 1 amide bonds. The lowest BCUT2D eigenvalue weighted by Crippen LogP contribution is -2.47. The van der Waals surface area contributed by atoms with E-state index in [4.69, 9.17) is 9.47 Å². The van der Waals surface area contributed by atoms with Gasteiger partial charge in [-0.2, -0.15) is 0 Å². The molecule has 3 heterocycles. The first-order chi connectivity index (χ1) is 13.2. The van der Waals surface area contributed by atoms with E-state index in [-0.39, 0.29) is 5.91 Å². The monoisotopic (exact) mass is 388 g/mol. The SMILES string of the molecule is CNC(=O)c1csc(N2CCN([C@H](C)c3ccc4c(c3)OCCO4)CC2)n1. The molecule has 0 bridgehead atoms. The van der Waals surface area contributed by atoms with Gasteiger partial charge in [-0.3, -0.25) is 9.69 Å². The van der Waals surface area contributed by atoms with E-state index in [1.54, 1.807) is 7.05 Å². The number of hydrogen-bond acceptors (Lipinski definition) is 7. The van der Waals surface area contributed by atoms with Gasteiger partial charge in [-0.15, -0.1) is 11.3 Å². The Hall–Kier alpha value is -2.32. The Morgan fingerprint density at radius 2 is 1.93 bits per heavy atom. The Morgan fingerprint density at radius 1 is 1.19 bits per heavy atom. The fraction of sp³-hybridized carbons (Fsp3) is 0.474. The van der Waals surface area contributed by atoms with E-state index < -0.39 is 0 Å². The molecule has 1 fully saturated rings. The number of carbonyl (C=O) groups is 1. The van der Waals surface area contributed by atoms with Crippen molar-refractivity contribution >= 4 is 22.4 Å². The molecule has 1 saturated heterocycles. The van der Waals surface area contributed by atoms with Crippen LogP contribution in [0.15, 0.2) is 23.6 Å². The topological polar surface area (TPSA) is 66.9 Å². The summed E-state index contributed by atoms with van der Waals surface area (Å²) in [5.41, 5.74) is 1.73. The maximum Gasteiger partial charge on any atom is 0.270 e. The molecule has 2 aromatic rings. The van der Waals surface area contributed by atoms with Gasteiger partial charge in [0, 0.05) is 44.6 Å². The molecule has 0 spiro atoms. The molecule has 1 aromatic carbocycles. The lowest BCUT2D eigenvalue weighted by molar-refractivity contribution is 0.0959. The molecule has 0 aliphatic carbocycles. The number of hydrogen-bond donors (Lipinski definition) is 1. The summed E-state index contributed by atoms with van der Waals surface area (Å²) in [6.07, 6.45) is 0. The van der Waals surface area contributed by atoms with Crippen molar-refractivity contribution in [3.05, 3.63) is 34.8 Å². The number of amides is 1. The lowest BCUT2D eigenvalue weighted by Gasteiger charge is -2.38. The molecule has 1 N–H and O–H groups in total. The standard InChI is InChI=1S/C19H24N4O3S/c1-13(14-3-4-16-17(11-14)26-10-9-25-16)22-5-7-23(8-6-22)19-21-15(12-27-19)18(24)20-2/h3-4,11-13H,5-10H2,1-2H3,(H,20,24)/t13-/m1/s1. The number of aromatic nitrogens is 1. The maximum atomic E-state index is 11.7. The third-order valence-corrected chi connectivity index (χ3v) is 6.03. The number of nitrogens with zero attached hydrogens (tertiary/aromatic N) is 3. The number of benzene rings is 1. The number of fused-ring (bicyclic) bond motifs is 1. The van der Waals surface area contributed by atoms with Crippen LogP contribution in [0.2, 0.25) is 0 Å². The van der Waals surface area contributed by atoms with Crippen molar-refractivity contribution in [3.63, 3.8) is 0 Å². The van der Waals surface area contributed by atoms with Gasteiger partial charge in [-0.05, 0) is 24.6 Å². The molecular formula is C19H24N4O3S. The Labute approximate surface area is 162 Å². The van der Waals surface area contributed by atoms with Gasteiger partial charge in [0.2, 0.25) is 0 Å². The molecule has 7 nitrogen and oxygen atoms in total. The first-order valence-electron chi connectivity index (χ1n) is 9.22. The highest BCUT2D eigenvalue weighted by Crippen LogP contribution is 2.34. The van der Waals surface area contributed by atoms with Crippen molar-refractivity contribution in [2.75, 3.05) is 51.3 Å². The van der Waals surface area contributed by atoms with Crippen LogP contribution in [-0.4, -0.2) is 62.2 Å². The largest absolute Gasteiger partial charge is 0.486 e. The summed E-state index contributed by atoms with van der Waals surface area (Å²) < 4.78 is 11.3. The molecule has 1 atom stereocenters. The zero-order valence-electron chi connectivity index (χ0n) is 15.6. The van der Waals surface area contributed by atoms with Gasteiger partial charge in [0.25, 0.3) is 5.91 Å². The van der Waals surface area contributed by atoms with Gasteiger partial charge in [-0.25, -0.2) is 4.98 Å². The molecule has 144 valence electrons. The number of anilines is 1. The molecule has 0 unspecified atom stereocenters. The van der Waals surface area contributed by atoms with Crippen molar-refractivity contribution < 1.29 is 14.3 Å². The minimum Gasteiger partial charge on any atom is -0.486 e. The minimum absolute atomic E-state index is 0.136. The van der Waals surface area contributed by atoms with Crippen LogP contribution in [0.4, 0.5) is 5.13 Å². The smallest absolute Gasteiger partial charge is 0.270 e. The fourth-order valence-corrected chi connectivity index (χ4v) is 4.33. The van der Waals surface area contributed by atoms with Crippen molar-refractivity contribution in [1.82, 2.24) is 15.2 Å². The Morgan fingerprint density at radius 3 is 2.67 bits per heavy atom. The van der Waals surface area contributed by atoms with Gasteiger partial charge in [-0.1, -0.05) is 6.07 Å². The van der Waals surface area contributed by atoms with Gasteiger partial charge in [0.05, 0.1) is 0 Å². The summed E-state index contributed by atoms with van der Waals surface area (Å²) in [7, 11) is 1.62. The van der Waals surface area contributed by atoms with Crippen LogP contribution in [0.25, 0.3) is 0 Å². The molecule has 4 rings (SSSR count). The van der Waals surface area contributed by atoms with Crippen molar-refractivity contribution in [1.29, 1.82) is 0 Å². The summed E-state index contributed by atoms with van der Waals surface area (Å²) in [6, 6.07) is 6.54. The molecule has 0 saturated carbocycles. The number of ether oxygens (including phenoxy) is 2. The Balaban J connectivity index is 1.38. The van der Waals surface area contributed by atoms with E-state index in [1.165, 1.54) is 16.9 Å². The Bertz CT molecular complexity index is 817. The molecule has 1 aromatic heterocycles. The fourth-order valence-electron chi connectivity index (χ4n) is 3.47. The van der Waals surface area contributed by atoms with Gasteiger partial charge in [0.15, 0.2) is 16.6 Å². The summed E-state index contributed by atoms with van der Waals surface area (Å²) in [6.45, 7) is 7.14. The summed E-state index contributed by atoms with van der Waals surface area (Å²) in [5.74, 6) is 1.54. The molecular weight excluding hydrogens is 364 g/mol. The predicted molar refractivity (Wildman–Crippen MR) is 105 cm³/mol. The third-order valence-electron chi connectivity index (χ3n) is 5.13. The average Bonchev–Trinajstić information content (AvgIpc) is 3.22. The van der Waals surface area contributed by atoms with Crippen LogP contribution >= 0.6 is 11.3 Å². The molecule has 8 heteroatoms. The second kappa shape index (κ2) is 7.74. The van der Waals surface area contributed by atoms with E-state index in [9.17, 15) is 4.79 Å². The van der Waals surface area contributed by atoms with Crippen LogP contribution < -0.4 is 19.7 Å². The molecule has 0 radical (unpaired) electrons. The number of piperazine rings is 1. The van der Waals surface area contributed by atoms with Gasteiger partial charge < -0.3 is 19.7 Å². The van der Waals surface area contributed by atoms with E-state index in [1.807, 2.05) is 11.4 Å². The highest BCUT2D eigenvalue weighted by Gasteiger charge is 2.25. The van der Waals surface area contributed by atoms with E-state index in [2.05, 4.69) is 39.2 Å². The van der Waals surface area contributed by atoms with Crippen LogP contribution in [0, 0.1) is 0 Å². The summed E-state index contributed by atoms with van der Waals surface area (Å²) in [5, 5.41) is 5.35. The first-order valence-corrected chi connectivity index (χ1v) is 10.1. The van der Waals surface area contributed by atoms with Crippen LogP contribution in [-0.2, 0) is 0 Å². The van der Waals surface area contributed by atoms with Gasteiger partial charge >= 0.3 is 0 Å². The second-order valence-corrected chi connectivity index (χ2v) is 7.53. The normalized spacial score (nSPS) is 18.2. The first kappa shape index (κ1) is 18.1. The Kier molecular flexibility index (Phi) is 5.18. The van der Waals surface area contributed by atoms with Crippen LogP contribution in [0.1, 0.15) is 29.0 Å². The van der Waals surface area contributed by atoms with Crippen LogP contribution in [0.5, 0.6) is 11.5 Å². The number of rotatable bonds is 4. The second-order valence-electron chi connectivity index (χ2n) is 6.70. The van der Waals surface area contributed by atoms with Crippen molar-refractivity contribution in [2.24, 2.45) is 0 Å². The maximum absolute atomic E-state index is 11.7. The zero-order chi connectivity index (χ0) is 18.8. The van der Waals surface area contributed by atoms with E-state index in [0.717, 1.165) is 42.8 Å². The van der Waals surface area contributed by atoms with Crippen molar-refractivity contribution in [3.8, 4) is 11.5 Å². The average molecular weight is 388 g/mol. The predicted octanol–water partition coefficient (Wildman–Crippen LogP) is 2.16. The quantitative estimate of drug-likeness (QED) is 0.866. The molecule has 27 heavy (non-hydrogen) atoms. The van der Waals surface area contributed by atoms with E-state index >= 15 is 0 Å². The third kappa shape index (κ3) is 3.72. The zero-order valence-corrected chi connectivity index (χ0v) is 16.4. The van der Waals surface area contributed by atoms with Gasteiger partial charge in [0.1, 0.15) is 18.9 Å². The highest BCUT2D eigenvalue weighted by atomic mass is 32.1.